The van der Waals surface area contributed by atoms with Crippen LogP contribution in [0.3, 0.4) is 0 Å². The van der Waals surface area contributed by atoms with Crippen molar-refractivity contribution < 1.29 is 9.53 Å². The number of carbonyl (C=O) groups is 1. The number of carbonyl (C=O) groups excluding carboxylic acids is 1. The van der Waals surface area contributed by atoms with E-state index in [4.69, 9.17) is 4.74 Å². The minimum absolute atomic E-state index is 0.199. The second kappa shape index (κ2) is 4.62. The lowest BCUT2D eigenvalue weighted by atomic mass is 9.87. The quantitative estimate of drug-likeness (QED) is 0.775. The van der Waals surface area contributed by atoms with Crippen molar-refractivity contribution >= 4 is 6.09 Å². The monoisotopic (exact) mass is 228 g/mol. The molecule has 4 nitrogen and oxygen atoms in total. The number of nitrogens with one attached hydrogen (secondary N) is 2. The molecule has 0 bridgehead atoms. The standard InChI is InChI=1S/C12H24N2O2/c1-11(2,3)16-10(15)14-12(4,5)6-9-7-13-8-9/h9,13H,6-8H2,1-5H3,(H,14,15). The molecule has 16 heavy (non-hydrogen) atoms. The Bertz CT molecular complexity index is 252. The first-order chi connectivity index (χ1) is 7.18. The van der Waals surface area contributed by atoms with Crippen molar-refractivity contribution in [2.45, 2.75) is 52.2 Å². The highest BCUT2D eigenvalue weighted by Crippen LogP contribution is 2.20. The van der Waals surface area contributed by atoms with Crippen LogP contribution >= 0.6 is 0 Å². The summed E-state index contributed by atoms with van der Waals surface area (Å²) in [7, 11) is 0. The number of hydrogen-bond donors (Lipinski definition) is 2. The molecule has 1 aliphatic heterocycles. The zero-order valence-electron chi connectivity index (χ0n) is 11.0. The fourth-order valence-electron chi connectivity index (χ4n) is 1.85. The maximum atomic E-state index is 11.6. The van der Waals surface area contributed by atoms with Crippen LogP contribution in [0.15, 0.2) is 0 Å². The van der Waals surface area contributed by atoms with Crippen LogP contribution in [0, 0.1) is 5.92 Å². The predicted molar refractivity (Wildman–Crippen MR) is 64.4 cm³/mol. The summed E-state index contributed by atoms with van der Waals surface area (Å²) in [5.41, 5.74) is -0.632. The van der Waals surface area contributed by atoms with Gasteiger partial charge in [-0.1, -0.05) is 0 Å². The van der Waals surface area contributed by atoms with E-state index in [2.05, 4.69) is 10.6 Å². The van der Waals surface area contributed by atoms with Gasteiger partial charge in [0.15, 0.2) is 0 Å². The number of rotatable bonds is 3. The average molecular weight is 228 g/mol. The van der Waals surface area contributed by atoms with Crippen LogP contribution in [0.4, 0.5) is 4.79 Å². The third-order valence-corrected chi connectivity index (χ3v) is 2.50. The lowest BCUT2D eigenvalue weighted by molar-refractivity contribution is 0.0453. The number of alkyl carbamates (subject to hydrolysis) is 1. The van der Waals surface area contributed by atoms with E-state index in [1.807, 2.05) is 34.6 Å². The summed E-state index contributed by atoms with van der Waals surface area (Å²) in [5, 5.41) is 6.15. The first kappa shape index (κ1) is 13.3. The van der Waals surface area contributed by atoms with Gasteiger partial charge >= 0.3 is 6.09 Å². The highest BCUT2D eigenvalue weighted by atomic mass is 16.6. The molecule has 0 radical (unpaired) electrons. The summed E-state index contributed by atoms with van der Waals surface area (Å²) in [4.78, 5) is 11.6. The molecule has 0 aromatic carbocycles. The topological polar surface area (TPSA) is 50.4 Å². The van der Waals surface area contributed by atoms with Gasteiger partial charge in [0.2, 0.25) is 0 Å². The number of ether oxygens (including phenoxy) is 1. The molecule has 94 valence electrons. The maximum Gasteiger partial charge on any atom is 0.408 e. The summed E-state index contributed by atoms with van der Waals surface area (Å²) < 4.78 is 5.24. The first-order valence-corrected chi connectivity index (χ1v) is 5.90. The van der Waals surface area contributed by atoms with E-state index < -0.39 is 5.60 Å². The van der Waals surface area contributed by atoms with Crippen LogP contribution in [0.2, 0.25) is 0 Å². The van der Waals surface area contributed by atoms with Crippen molar-refractivity contribution in [2.24, 2.45) is 5.92 Å². The first-order valence-electron chi connectivity index (χ1n) is 5.90. The normalized spacial score (nSPS) is 17.8. The van der Waals surface area contributed by atoms with Crippen molar-refractivity contribution in [3.63, 3.8) is 0 Å². The molecule has 0 atom stereocenters. The van der Waals surface area contributed by atoms with E-state index in [1.165, 1.54) is 0 Å². The fraction of sp³-hybridized carbons (Fsp3) is 0.917. The van der Waals surface area contributed by atoms with Crippen LogP contribution in [-0.4, -0.2) is 30.3 Å². The van der Waals surface area contributed by atoms with E-state index in [9.17, 15) is 4.79 Å². The highest BCUT2D eigenvalue weighted by molar-refractivity contribution is 5.68. The number of hydrogen-bond acceptors (Lipinski definition) is 3. The molecule has 0 spiro atoms. The minimum atomic E-state index is -0.432. The summed E-state index contributed by atoms with van der Waals surface area (Å²) >= 11 is 0. The van der Waals surface area contributed by atoms with Gasteiger partial charge in [-0.2, -0.15) is 0 Å². The Hall–Kier alpha value is -0.770. The molecule has 0 aromatic heterocycles. The van der Waals surface area contributed by atoms with Gasteiger partial charge in [0.25, 0.3) is 0 Å². The highest BCUT2D eigenvalue weighted by Gasteiger charge is 2.29. The zero-order valence-corrected chi connectivity index (χ0v) is 11.0. The van der Waals surface area contributed by atoms with Gasteiger partial charge in [0.1, 0.15) is 5.60 Å². The van der Waals surface area contributed by atoms with Crippen LogP contribution in [0.25, 0.3) is 0 Å². The molecule has 1 fully saturated rings. The molecule has 1 heterocycles. The molecule has 0 saturated carbocycles. The van der Waals surface area contributed by atoms with Gasteiger partial charge < -0.3 is 15.4 Å². The van der Waals surface area contributed by atoms with Gasteiger partial charge in [-0.15, -0.1) is 0 Å². The molecule has 2 N–H and O–H groups in total. The number of amides is 1. The van der Waals surface area contributed by atoms with Gasteiger partial charge in [0.05, 0.1) is 0 Å². The van der Waals surface area contributed by atoms with E-state index in [0.29, 0.717) is 5.92 Å². The zero-order chi connectivity index (χ0) is 12.4. The smallest absolute Gasteiger partial charge is 0.408 e. The van der Waals surface area contributed by atoms with E-state index >= 15 is 0 Å². The van der Waals surface area contributed by atoms with Crippen LogP contribution in [0.1, 0.15) is 41.0 Å². The van der Waals surface area contributed by atoms with Crippen molar-refractivity contribution in [3.8, 4) is 0 Å². The third kappa shape index (κ3) is 4.84. The Morgan fingerprint density at radius 3 is 2.25 bits per heavy atom. The predicted octanol–water partition coefficient (Wildman–Crippen LogP) is 1.90. The molecule has 1 aliphatic rings. The van der Waals surface area contributed by atoms with Crippen LogP contribution < -0.4 is 10.6 Å². The third-order valence-electron chi connectivity index (χ3n) is 2.50. The van der Waals surface area contributed by atoms with Crippen molar-refractivity contribution in [3.05, 3.63) is 0 Å². The minimum Gasteiger partial charge on any atom is -0.444 e. The second-order valence-corrected chi connectivity index (χ2v) is 6.24. The Balaban J connectivity index is 2.35. The largest absolute Gasteiger partial charge is 0.444 e. The summed E-state index contributed by atoms with van der Waals surface area (Å²) in [6.45, 7) is 11.8. The average Bonchev–Trinajstić information content (AvgIpc) is 1.91. The van der Waals surface area contributed by atoms with Gasteiger partial charge in [0, 0.05) is 5.54 Å². The Kier molecular flexibility index (Phi) is 3.84. The lowest BCUT2D eigenvalue weighted by Gasteiger charge is -2.36. The molecular formula is C12H24N2O2. The van der Waals surface area contributed by atoms with E-state index in [1.54, 1.807) is 0 Å². The second-order valence-electron chi connectivity index (χ2n) is 6.24. The van der Waals surface area contributed by atoms with Crippen molar-refractivity contribution in [1.82, 2.24) is 10.6 Å². The molecular weight excluding hydrogens is 204 g/mol. The summed E-state index contributed by atoms with van der Waals surface area (Å²) in [6, 6.07) is 0. The SMILES string of the molecule is CC(C)(CC1CNC1)NC(=O)OC(C)(C)C. The summed E-state index contributed by atoms with van der Waals surface area (Å²) in [5.74, 6) is 0.671. The Labute approximate surface area is 98.1 Å². The van der Waals surface area contributed by atoms with Gasteiger partial charge in [-0.05, 0) is 60.0 Å². The van der Waals surface area contributed by atoms with E-state index in [0.717, 1.165) is 19.5 Å². The molecule has 1 amide bonds. The fourth-order valence-corrected chi connectivity index (χ4v) is 1.85. The molecule has 1 rings (SSSR count). The van der Waals surface area contributed by atoms with Crippen LogP contribution in [0.5, 0.6) is 0 Å². The molecule has 4 heteroatoms. The molecule has 0 unspecified atom stereocenters. The van der Waals surface area contributed by atoms with Crippen molar-refractivity contribution in [2.75, 3.05) is 13.1 Å². The van der Waals surface area contributed by atoms with Crippen LogP contribution in [-0.2, 0) is 4.74 Å². The van der Waals surface area contributed by atoms with Gasteiger partial charge in [-0.25, -0.2) is 4.79 Å². The molecule has 1 saturated heterocycles. The summed E-state index contributed by atoms with van der Waals surface area (Å²) in [6.07, 6.45) is 0.656. The molecule has 0 aliphatic carbocycles. The Morgan fingerprint density at radius 2 is 1.88 bits per heavy atom. The van der Waals surface area contributed by atoms with E-state index in [-0.39, 0.29) is 11.6 Å². The molecule has 0 aromatic rings. The lowest BCUT2D eigenvalue weighted by Crippen LogP contribution is -2.52. The van der Waals surface area contributed by atoms with Gasteiger partial charge in [-0.3, -0.25) is 0 Å². The Morgan fingerprint density at radius 1 is 1.31 bits per heavy atom. The van der Waals surface area contributed by atoms with Crippen molar-refractivity contribution in [1.29, 1.82) is 0 Å². The maximum absolute atomic E-state index is 11.6.